The van der Waals surface area contributed by atoms with E-state index in [0.717, 1.165) is 31.1 Å². The normalized spacial score (nSPS) is 22.9. The van der Waals surface area contributed by atoms with Gasteiger partial charge < -0.3 is 24.8 Å². The van der Waals surface area contributed by atoms with Crippen molar-refractivity contribution in [3.8, 4) is 17.2 Å². The van der Waals surface area contributed by atoms with Crippen LogP contribution in [0.4, 0.5) is 5.69 Å². The van der Waals surface area contributed by atoms with Gasteiger partial charge in [0, 0.05) is 25.7 Å². The first-order valence-electron chi connectivity index (χ1n) is 6.35. The molecule has 0 spiro atoms. The van der Waals surface area contributed by atoms with Gasteiger partial charge in [0.1, 0.15) is 24.7 Å². The second kappa shape index (κ2) is 4.57. The first-order chi connectivity index (χ1) is 8.75. The number of hydrogen-bond donors (Lipinski definition) is 2. The summed E-state index contributed by atoms with van der Waals surface area (Å²) in [5.74, 6) is 1.66. The standard InChI is InChI=1S/C13H18N2O3/c1-9-8-15(5-4-14-9)12-10(16)2-3-11-13(12)18-7-6-17-11/h2-3,9,14,16H,4-8H2,1H3. The Morgan fingerprint density at radius 3 is 3.00 bits per heavy atom. The van der Waals surface area contributed by atoms with Gasteiger partial charge in [-0.15, -0.1) is 0 Å². The number of nitrogens with zero attached hydrogens (tertiary/aromatic N) is 1. The van der Waals surface area contributed by atoms with Crippen molar-refractivity contribution in [1.29, 1.82) is 0 Å². The van der Waals surface area contributed by atoms with Crippen molar-refractivity contribution in [2.75, 3.05) is 37.7 Å². The van der Waals surface area contributed by atoms with Crippen LogP contribution in [0.5, 0.6) is 17.2 Å². The van der Waals surface area contributed by atoms with Gasteiger partial charge in [0.25, 0.3) is 0 Å². The lowest BCUT2D eigenvalue weighted by Gasteiger charge is -2.35. The molecule has 2 heterocycles. The van der Waals surface area contributed by atoms with Gasteiger partial charge in [-0.2, -0.15) is 0 Å². The summed E-state index contributed by atoms with van der Waals surface area (Å²) in [7, 11) is 0. The summed E-state index contributed by atoms with van der Waals surface area (Å²) in [4.78, 5) is 2.16. The summed E-state index contributed by atoms with van der Waals surface area (Å²) in [5, 5.41) is 13.5. The SMILES string of the molecule is CC1CN(c2c(O)ccc3c2OCCO3)CCN1. The van der Waals surface area contributed by atoms with E-state index in [-0.39, 0.29) is 5.75 Å². The van der Waals surface area contributed by atoms with E-state index in [1.54, 1.807) is 12.1 Å². The highest BCUT2D eigenvalue weighted by molar-refractivity contribution is 5.72. The maximum Gasteiger partial charge on any atom is 0.188 e. The van der Waals surface area contributed by atoms with Crippen LogP contribution in [0.2, 0.25) is 0 Å². The van der Waals surface area contributed by atoms with Crippen LogP contribution in [-0.4, -0.2) is 44.0 Å². The molecule has 2 aliphatic rings. The molecule has 18 heavy (non-hydrogen) atoms. The Morgan fingerprint density at radius 2 is 2.17 bits per heavy atom. The lowest BCUT2D eigenvalue weighted by molar-refractivity contribution is 0.171. The van der Waals surface area contributed by atoms with Gasteiger partial charge in [-0.05, 0) is 19.1 Å². The van der Waals surface area contributed by atoms with Gasteiger partial charge >= 0.3 is 0 Å². The maximum absolute atomic E-state index is 10.1. The summed E-state index contributed by atoms with van der Waals surface area (Å²) >= 11 is 0. The van der Waals surface area contributed by atoms with Crippen LogP contribution in [0, 0.1) is 0 Å². The fourth-order valence-corrected chi connectivity index (χ4v) is 2.53. The molecule has 0 bridgehead atoms. The van der Waals surface area contributed by atoms with Crippen LogP contribution in [0.15, 0.2) is 12.1 Å². The fraction of sp³-hybridized carbons (Fsp3) is 0.538. The van der Waals surface area contributed by atoms with Crippen LogP contribution < -0.4 is 19.7 Å². The number of nitrogens with one attached hydrogen (secondary N) is 1. The molecule has 0 amide bonds. The number of aromatic hydroxyl groups is 1. The molecule has 1 fully saturated rings. The predicted molar refractivity (Wildman–Crippen MR) is 68.8 cm³/mol. The molecule has 1 atom stereocenters. The average molecular weight is 250 g/mol. The van der Waals surface area contributed by atoms with Gasteiger partial charge in [-0.3, -0.25) is 0 Å². The number of anilines is 1. The molecule has 0 aliphatic carbocycles. The van der Waals surface area contributed by atoms with Crippen LogP contribution in [-0.2, 0) is 0 Å². The van der Waals surface area contributed by atoms with E-state index in [9.17, 15) is 5.11 Å². The molecule has 1 unspecified atom stereocenters. The molecule has 2 N–H and O–H groups in total. The lowest BCUT2D eigenvalue weighted by Crippen LogP contribution is -2.49. The molecule has 5 heteroatoms. The number of fused-ring (bicyclic) bond motifs is 1. The minimum atomic E-state index is 0.258. The number of phenols is 1. The van der Waals surface area contributed by atoms with Gasteiger partial charge in [0.05, 0.1) is 0 Å². The quantitative estimate of drug-likeness (QED) is 0.777. The summed E-state index contributed by atoms with van der Waals surface area (Å²) < 4.78 is 11.2. The highest BCUT2D eigenvalue weighted by Crippen LogP contribution is 2.45. The van der Waals surface area contributed by atoms with Crippen molar-refractivity contribution in [2.24, 2.45) is 0 Å². The summed E-state index contributed by atoms with van der Waals surface area (Å²) in [6, 6.07) is 3.84. The Bertz CT molecular complexity index is 450. The molecule has 98 valence electrons. The maximum atomic E-state index is 10.1. The largest absolute Gasteiger partial charge is 0.506 e. The molecular weight excluding hydrogens is 232 g/mol. The minimum Gasteiger partial charge on any atom is -0.506 e. The van der Waals surface area contributed by atoms with E-state index in [0.29, 0.717) is 25.0 Å². The highest BCUT2D eigenvalue weighted by Gasteiger charge is 2.26. The van der Waals surface area contributed by atoms with Gasteiger partial charge in [-0.25, -0.2) is 0 Å². The Morgan fingerprint density at radius 1 is 1.33 bits per heavy atom. The average Bonchev–Trinajstić information content (AvgIpc) is 2.38. The van der Waals surface area contributed by atoms with Crippen molar-refractivity contribution in [2.45, 2.75) is 13.0 Å². The Balaban J connectivity index is 1.99. The Labute approximate surface area is 106 Å². The molecule has 1 aromatic carbocycles. The third-order valence-corrected chi connectivity index (χ3v) is 3.35. The van der Waals surface area contributed by atoms with E-state index in [1.807, 2.05) is 0 Å². The van der Waals surface area contributed by atoms with E-state index < -0.39 is 0 Å². The summed E-state index contributed by atoms with van der Waals surface area (Å²) in [6.07, 6.45) is 0. The third kappa shape index (κ3) is 1.95. The van der Waals surface area contributed by atoms with Crippen molar-refractivity contribution in [3.63, 3.8) is 0 Å². The molecule has 0 saturated carbocycles. The van der Waals surface area contributed by atoms with Crippen molar-refractivity contribution in [1.82, 2.24) is 5.32 Å². The van der Waals surface area contributed by atoms with E-state index in [1.165, 1.54) is 0 Å². The number of phenolic OH excluding ortho intramolecular Hbond substituents is 1. The topological polar surface area (TPSA) is 54.0 Å². The van der Waals surface area contributed by atoms with Gasteiger partial charge in [0.15, 0.2) is 11.5 Å². The highest BCUT2D eigenvalue weighted by atomic mass is 16.6. The molecule has 5 nitrogen and oxygen atoms in total. The zero-order valence-corrected chi connectivity index (χ0v) is 10.5. The smallest absolute Gasteiger partial charge is 0.188 e. The monoisotopic (exact) mass is 250 g/mol. The van der Waals surface area contributed by atoms with Gasteiger partial charge in [0.2, 0.25) is 0 Å². The number of hydrogen-bond acceptors (Lipinski definition) is 5. The van der Waals surface area contributed by atoms with E-state index in [2.05, 4.69) is 17.1 Å². The molecule has 1 saturated heterocycles. The fourth-order valence-electron chi connectivity index (χ4n) is 2.53. The second-order valence-electron chi connectivity index (χ2n) is 4.76. The molecule has 0 radical (unpaired) electrons. The third-order valence-electron chi connectivity index (χ3n) is 3.35. The van der Waals surface area contributed by atoms with Gasteiger partial charge in [-0.1, -0.05) is 0 Å². The van der Waals surface area contributed by atoms with Crippen LogP contribution in [0.1, 0.15) is 6.92 Å². The van der Waals surface area contributed by atoms with E-state index in [4.69, 9.17) is 9.47 Å². The molecular formula is C13H18N2O3. The zero-order valence-electron chi connectivity index (χ0n) is 10.5. The molecule has 3 rings (SSSR count). The lowest BCUT2D eigenvalue weighted by atomic mass is 10.1. The number of rotatable bonds is 1. The number of piperazine rings is 1. The molecule has 2 aliphatic heterocycles. The second-order valence-corrected chi connectivity index (χ2v) is 4.76. The predicted octanol–water partition coefficient (Wildman–Crippen LogP) is 0.961. The first-order valence-corrected chi connectivity index (χ1v) is 6.35. The Hall–Kier alpha value is -1.62. The molecule has 0 aromatic heterocycles. The van der Waals surface area contributed by atoms with Crippen molar-refractivity contribution in [3.05, 3.63) is 12.1 Å². The van der Waals surface area contributed by atoms with Crippen LogP contribution in [0.25, 0.3) is 0 Å². The van der Waals surface area contributed by atoms with Crippen LogP contribution >= 0.6 is 0 Å². The minimum absolute atomic E-state index is 0.258. The zero-order chi connectivity index (χ0) is 12.5. The van der Waals surface area contributed by atoms with Crippen molar-refractivity contribution >= 4 is 5.69 Å². The van der Waals surface area contributed by atoms with Crippen LogP contribution in [0.3, 0.4) is 0 Å². The number of ether oxygens (including phenoxy) is 2. The molecule has 1 aromatic rings. The first kappa shape index (κ1) is 11.5. The van der Waals surface area contributed by atoms with E-state index >= 15 is 0 Å². The summed E-state index contributed by atoms with van der Waals surface area (Å²) in [5.41, 5.74) is 0.764. The summed E-state index contributed by atoms with van der Waals surface area (Å²) in [6.45, 7) is 5.85. The Kier molecular flexibility index (Phi) is 2.91. The number of benzene rings is 1. The van der Waals surface area contributed by atoms with Crippen molar-refractivity contribution < 1.29 is 14.6 Å².